The molecule has 1 rings (SSSR count). The number of amides is 3. The average molecular weight is 217 g/mol. The molecule has 0 atom stereocenters. The van der Waals surface area contributed by atoms with Crippen LogP contribution in [0.15, 0.2) is 15.9 Å². The number of rotatable bonds is 3. The molecule has 0 aliphatic carbocycles. The van der Waals surface area contributed by atoms with Gasteiger partial charge in [-0.2, -0.15) is 0 Å². The monoisotopic (exact) mass is 217 g/mol. The number of carbonyl (C=O) groups is 2. The molecule has 0 aliphatic heterocycles. The predicted octanol–water partition coefficient (Wildman–Crippen LogP) is 0.430. The third-order valence-electron chi connectivity index (χ3n) is 0.999. The van der Waals surface area contributed by atoms with Gasteiger partial charge in [0.2, 0.25) is 5.91 Å². The van der Waals surface area contributed by atoms with E-state index >= 15 is 0 Å². The van der Waals surface area contributed by atoms with Gasteiger partial charge in [0.1, 0.15) is 4.34 Å². The average Bonchev–Trinajstić information content (AvgIpc) is 2.51. The number of hydrogen-bond acceptors (Lipinski definition) is 5. The van der Waals surface area contributed by atoms with Crippen molar-refractivity contribution in [2.24, 2.45) is 5.73 Å². The first-order valence-electron chi connectivity index (χ1n) is 3.30. The van der Waals surface area contributed by atoms with Crippen LogP contribution in [-0.4, -0.2) is 22.7 Å². The van der Waals surface area contributed by atoms with Crippen LogP contribution in [0.25, 0.3) is 0 Å². The molecule has 1 heterocycles. The van der Waals surface area contributed by atoms with Crippen molar-refractivity contribution in [3.63, 3.8) is 0 Å². The maximum absolute atomic E-state index is 10.9. The van der Waals surface area contributed by atoms with E-state index in [1.807, 2.05) is 10.7 Å². The van der Waals surface area contributed by atoms with Gasteiger partial charge in [-0.05, 0) is 0 Å². The molecule has 0 spiro atoms. The van der Waals surface area contributed by atoms with Crippen molar-refractivity contribution in [2.75, 3.05) is 5.75 Å². The zero-order chi connectivity index (χ0) is 9.68. The fourth-order valence-electron chi connectivity index (χ4n) is 0.582. The van der Waals surface area contributed by atoms with Crippen LogP contribution in [0.5, 0.6) is 0 Å². The number of nitrogens with zero attached hydrogens (tertiary/aromatic N) is 1. The predicted molar refractivity (Wildman–Crippen MR) is 50.6 cm³/mol. The van der Waals surface area contributed by atoms with Crippen LogP contribution in [-0.2, 0) is 4.79 Å². The van der Waals surface area contributed by atoms with E-state index in [1.54, 1.807) is 6.20 Å². The van der Waals surface area contributed by atoms with E-state index in [4.69, 9.17) is 5.73 Å². The number of nitrogens with two attached hydrogens (primary N) is 1. The molecule has 7 heteroatoms. The van der Waals surface area contributed by atoms with Crippen molar-refractivity contribution < 1.29 is 9.59 Å². The van der Waals surface area contributed by atoms with E-state index in [0.29, 0.717) is 0 Å². The van der Waals surface area contributed by atoms with Gasteiger partial charge in [-0.1, -0.05) is 11.8 Å². The molecule has 0 fully saturated rings. The quantitative estimate of drug-likeness (QED) is 0.719. The zero-order valence-electron chi connectivity index (χ0n) is 6.52. The van der Waals surface area contributed by atoms with Crippen LogP contribution in [0.3, 0.4) is 0 Å². The van der Waals surface area contributed by atoms with Crippen molar-refractivity contribution in [1.29, 1.82) is 0 Å². The Bertz CT molecular complexity index is 299. The van der Waals surface area contributed by atoms with Crippen molar-refractivity contribution in [3.05, 3.63) is 11.6 Å². The lowest BCUT2D eigenvalue weighted by atomic mass is 10.7. The standard InChI is InChI=1S/C6H7N3O2S2/c7-5(11)9-4(10)3-13-6-8-1-2-12-6/h1-2H,3H2,(H3,7,9,10,11). The number of aromatic nitrogens is 1. The van der Waals surface area contributed by atoms with E-state index in [0.717, 1.165) is 4.34 Å². The minimum atomic E-state index is -0.829. The van der Waals surface area contributed by atoms with Crippen molar-refractivity contribution in [1.82, 2.24) is 10.3 Å². The van der Waals surface area contributed by atoms with Gasteiger partial charge in [-0.25, -0.2) is 9.78 Å². The van der Waals surface area contributed by atoms with Crippen molar-refractivity contribution in [2.45, 2.75) is 4.34 Å². The number of thioether (sulfide) groups is 1. The second-order valence-corrected chi connectivity index (χ2v) is 4.12. The molecule has 0 saturated carbocycles. The molecule has 3 amide bonds. The Morgan fingerprint density at radius 2 is 2.46 bits per heavy atom. The normalized spacial score (nSPS) is 9.54. The Hall–Kier alpha value is -1.08. The van der Waals surface area contributed by atoms with Gasteiger partial charge < -0.3 is 5.73 Å². The molecule has 0 aliphatic rings. The molecule has 70 valence electrons. The molecular formula is C6H7N3O2S2. The Morgan fingerprint density at radius 3 is 3.00 bits per heavy atom. The summed E-state index contributed by atoms with van der Waals surface area (Å²) in [6.07, 6.45) is 1.65. The molecule has 0 unspecified atom stereocenters. The molecule has 1 aromatic heterocycles. The molecular weight excluding hydrogens is 210 g/mol. The van der Waals surface area contributed by atoms with Crippen molar-refractivity contribution in [3.8, 4) is 0 Å². The highest BCUT2D eigenvalue weighted by molar-refractivity contribution is 8.01. The van der Waals surface area contributed by atoms with Crippen LogP contribution in [0.2, 0.25) is 0 Å². The SMILES string of the molecule is NC(=O)NC(=O)CSc1nccs1. The summed E-state index contributed by atoms with van der Waals surface area (Å²) in [6.45, 7) is 0. The van der Waals surface area contributed by atoms with Gasteiger partial charge in [0, 0.05) is 11.6 Å². The zero-order valence-corrected chi connectivity index (χ0v) is 8.15. The molecule has 0 radical (unpaired) electrons. The number of nitrogens with one attached hydrogen (secondary N) is 1. The summed E-state index contributed by atoms with van der Waals surface area (Å²) in [7, 11) is 0. The van der Waals surface area contributed by atoms with E-state index in [2.05, 4.69) is 4.98 Å². The number of urea groups is 1. The van der Waals surface area contributed by atoms with Crippen LogP contribution in [0.1, 0.15) is 0 Å². The Morgan fingerprint density at radius 1 is 1.69 bits per heavy atom. The number of thiazole rings is 1. The number of imide groups is 1. The lowest BCUT2D eigenvalue weighted by molar-refractivity contribution is -0.117. The van der Waals surface area contributed by atoms with Gasteiger partial charge in [-0.3, -0.25) is 10.1 Å². The highest BCUT2D eigenvalue weighted by atomic mass is 32.2. The van der Waals surface area contributed by atoms with Gasteiger partial charge in [0.25, 0.3) is 0 Å². The molecule has 3 N–H and O–H groups in total. The summed E-state index contributed by atoms with van der Waals surface area (Å²) in [5.74, 6) is -0.260. The van der Waals surface area contributed by atoms with Crippen LogP contribution in [0.4, 0.5) is 4.79 Å². The minimum Gasteiger partial charge on any atom is -0.351 e. The first-order chi connectivity index (χ1) is 6.18. The topological polar surface area (TPSA) is 85.1 Å². The second-order valence-electron chi connectivity index (χ2n) is 2.00. The minimum absolute atomic E-state index is 0.149. The number of carbonyl (C=O) groups excluding carboxylic acids is 2. The van der Waals surface area contributed by atoms with E-state index in [1.165, 1.54) is 23.1 Å². The number of primary amides is 1. The van der Waals surface area contributed by atoms with Gasteiger partial charge in [-0.15, -0.1) is 11.3 Å². The molecule has 0 bridgehead atoms. The fraction of sp³-hybridized carbons (Fsp3) is 0.167. The first-order valence-corrected chi connectivity index (χ1v) is 5.16. The summed E-state index contributed by atoms with van der Waals surface area (Å²) in [4.78, 5) is 25.1. The van der Waals surface area contributed by atoms with Crippen molar-refractivity contribution >= 4 is 35.0 Å². The maximum Gasteiger partial charge on any atom is 0.318 e. The fourth-order valence-corrected chi connectivity index (χ4v) is 2.02. The molecule has 0 aromatic carbocycles. The van der Waals surface area contributed by atoms with Crippen LogP contribution in [0, 0.1) is 0 Å². The maximum atomic E-state index is 10.9. The summed E-state index contributed by atoms with van der Waals surface area (Å²) < 4.78 is 0.791. The smallest absolute Gasteiger partial charge is 0.318 e. The molecule has 13 heavy (non-hydrogen) atoms. The third kappa shape index (κ3) is 3.90. The van der Waals surface area contributed by atoms with E-state index in [9.17, 15) is 9.59 Å². The van der Waals surface area contributed by atoms with Crippen LogP contribution < -0.4 is 11.1 Å². The van der Waals surface area contributed by atoms with E-state index in [-0.39, 0.29) is 5.75 Å². The highest BCUT2D eigenvalue weighted by Crippen LogP contribution is 2.19. The summed E-state index contributed by atoms with van der Waals surface area (Å²) in [5, 5.41) is 3.77. The number of hydrogen-bond donors (Lipinski definition) is 2. The Balaban J connectivity index is 2.27. The summed E-state index contributed by atoms with van der Waals surface area (Å²) in [5.41, 5.74) is 4.75. The largest absolute Gasteiger partial charge is 0.351 e. The Labute approximate surface area is 82.7 Å². The van der Waals surface area contributed by atoms with E-state index < -0.39 is 11.9 Å². The summed E-state index contributed by atoms with van der Waals surface area (Å²) >= 11 is 2.70. The highest BCUT2D eigenvalue weighted by Gasteiger charge is 2.05. The van der Waals surface area contributed by atoms with Gasteiger partial charge in [0.15, 0.2) is 0 Å². The van der Waals surface area contributed by atoms with Gasteiger partial charge in [0.05, 0.1) is 5.75 Å². The second kappa shape index (κ2) is 4.83. The van der Waals surface area contributed by atoms with Crippen LogP contribution >= 0.6 is 23.1 Å². The third-order valence-corrected chi connectivity index (χ3v) is 2.96. The lowest BCUT2D eigenvalue weighted by Gasteiger charge is -1.97. The Kier molecular flexibility index (Phi) is 3.71. The molecule has 0 saturated heterocycles. The summed E-state index contributed by atoms with van der Waals surface area (Å²) in [6, 6.07) is -0.829. The molecule has 5 nitrogen and oxygen atoms in total. The lowest BCUT2D eigenvalue weighted by Crippen LogP contribution is -2.36. The molecule has 1 aromatic rings. The van der Waals surface area contributed by atoms with Gasteiger partial charge >= 0.3 is 6.03 Å². The first kappa shape index (κ1) is 10.0.